The Labute approximate surface area is 225 Å². The van der Waals surface area contributed by atoms with Crippen molar-refractivity contribution in [2.24, 2.45) is 10.4 Å². The van der Waals surface area contributed by atoms with Crippen molar-refractivity contribution >= 4 is 34.8 Å². The fourth-order valence-electron chi connectivity index (χ4n) is 5.39. The highest BCUT2D eigenvalue weighted by atomic mass is 16.2. The summed E-state index contributed by atoms with van der Waals surface area (Å²) in [6.07, 6.45) is 5.73. The Morgan fingerprint density at radius 1 is 1.13 bits per heavy atom. The average Bonchev–Trinajstić information content (AvgIpc) is 3.53. The number of nitrogens with zero attached hydrogens (tertiary/aromatic N) is 5. The zero-order valence-electron chi connectivity index (χ0n) is 21.3. The molecule has 0 radical (unpaired) electrons. The minimum atomic E-state index is -0.933. The van der Waals surface area contributed by atoms with Gasteiger partial charge in [-0.25, -0.2) is 9.98 Å². The number of aryl methyl sites for hydroxylation is 1. The van der Waals surface area contributed by atoms with Gasteiger partial charge in [-0.2, -0.15) is 10.5 Å². The Kier molecular flexibility index (Phi) is 6.78. The summed E-state index contributed by atoms with van der Waals surface area (Å²) in [5.74, 6) is -0.581. The first-order valence-corrected chi connectivity index (χ1v) is 12.6. The van der Waals surface area contributed by atoms with E-state index in [1.54, 1.807) is 24.3 Å². The first kappa shape index (κ1) is 25.6. The maximum atomic E-state index is 13.7. The minimum absolute atomic E-state index is 0.00752. The molecule has 1 spiro atoms. The molecule has 1 aromatic heterocycles. The molecular formula is C29H25N7O3. The summed E-state index contributed by atoms with van der Waals surface area (Å²) in [7, 11) is 0. The number of pyridine rings is 1. The van der Waals surface area contributed by atoms with Crippen molar-refractivity contribution in [2.75, 3.05) is 18.0 Å². The van der Waals surface area contributed by atoms with E-state index in [1.807, 2.05) is 31.2 Å². The van der Waals surface area contributed by atoms with Gasteiger partial charge in [0.1, 0.15) is 18.9 Å². The molecule has 2 heterocycles. The molecular weight excluding hydrogens is 494 g/mol. The lowest BCUT2D eigenvalue weighted by Gasteiger charge is -2.25. The molecule has 1 aliphatic heterocycles. The van der Waals surface area contributed by atoms with Gasteiger partial charge in [-0.3, -0.25) is 14.4 Å². The van der Waals surface area contributed by atoms with E-state index in [9.17, 15) is 14.4 Å². The van der Waals surface area contributed by atoms with Crippen molar-refractivity contribution in [3.63, 3.8) is 0 Å². The first-order valence-electron chi connectivity index (χ1n) is 12.6. The summed E-state index contributed by atoms with van der Waals surface area (Å²) in [6.45, 7) is 1.83. The predicted molar refractivity (Wildman–Crippen MR) is 143 cm³/mol. The molecule has 5 rings (SSSR count). The number of fused-ring (bicyclic) bond motifs is 1. The second-order valence-electron chi connectivity index (χ2n) is 9.69. The van der Waals surface area contributed by atoms with Crippen LogP contribution >= 0.6 is 0 Å². The van der Waals surface area contributed by atoms with Crippen LogP contribution in [0.2, 0.25) is 0 Å². The van der Waals surface area contributed by atoms with Crippen molar-refractivity contribution in [2.45, 2.75) is 32.6 Å². The van der Waals surface area contributed by atoms with Crippen LogP contribution in [-0.2, 0) is 9.59 Å². The third-order valence-electron chi connectivity index (χ3n) is 7.33. The second kappa shape index (κ2) is 10.3. The van der Waals surface area contributed by atoms with E-state index in [2.05, 4.69) is 20.6 Å². The molecule has 3 aliphatic rings. The lowest BCUT2D eigenvalue weighted by Crippen LogP contribution is -2.37. The molecule has 0 bridgehead atoms. The van der Waals surface area contributed by atoms with Gasteiger partial charge >= 0.3 is 0 Å². The number of allylic oxidation sites excluding steroid dienone is 2. The minimum Gasteiger partial charge on any atom is -0.330 e. The van der Waals surface area contributed by atoms with Crippen LogP contribution in [0, 0.1) is 35.0 Å². The summed E-state index contributed by atoms with van der Waals surface area (Å²) in [5, 5.41) is 23.7. The summed E-state index contributed by atoms with van der Waals surface area (Å²) in [5.41, 5.74) is 1.82. The van der Waals surface area contributed by atoms with Gasteiger partial charge in [-0.15, -0.1) is 0 Å². The van der Waals surface area contributed by atoms with Crippen LogP contribution in [0.15, 0.2) is 70.6 Å². The van der Waals surface area contributed by atoms with E-state index in [0.29, 0.717) is 46.9 Å². The van der Waals surface area contributed by atoms with E-state index in [1.165, 1.54) is 17.2 Å². The number of nitriles is 2. The van der Waals surface area contributed by atoms with Gasteiger partial charge in [0.25, 0.3) is 5.91 Å². The highest BCUT2D eigenvalue weighted by molar-refractivity contribution is 6.30. The Morgan fingerprint density at radius 3 is 2.49 bits per heavy atom. The summed E-state index contributed by atoms with van der Waals surface area (Å²) < 4.78 is 0. The fraction of sp³-hybridized carbons (Fsp3) is 0.276. The number of anilines is 1. The number of ketones is 1. The molecule has 10 heteroatoms. The molecule has 1 fully saturated rings. The molecule has 2 aromatic rings. The lowest BCUT2D eigenvalue weighted by atomic mass is 9.75. The van der Waals surface area contributed by atoms with E-state index in [-0.39, 0.29) is 30.5 Å². The molecule has 194 valence electrons. The quantitative estimate of drug-likeness (QED) is 0.439. The van der Waals surface area contributed by atoms with Crippen molar-refractivity contribution in [3.05, 3.63) is 76.8 Å². The highest BCUT2D eigenvalue weighted by Gasteiger charge is 2.55. The van der Waals surface area contributed by atoms with Crippen LogP contribution < -0.4 is 15.5 Å². The van der Waals surface area contributed by atoms with Gasteiger partial charge in [0, 0.05) is 11.1 Å². The van der Waals surface area contributed by atoms with Gasteiger partial charge in [-0.1, -0.05) is 31.0 Å². The van der Waals surface area contributed by atoms with Crippen molar-refractivity contribution in [1.29, 1.82) is 10.5 Å². The second-order valence-corrected chi connectivity index (χ2v) is 9.69. The lowest BCUT2D eigenvalue weighted by molar-refractivity contribution is -0.128. The van der Waals surface area contributed by atoms with Crippen molar-refractivity contribution in [1.82, 2.24) is 15.6 Å². The number of nitrogens with one attached hydrogen (secondary N) is 2. The van der Waals surface area contributed by atoms with Crippen LogP contribution in [0.4, 0.5) is 11.5 Å². The van der Waals surface area contributed by atoms with Gasteiger partial charge in [0.2, 0.25) is 11.7 Å². The van der Waals surface area contributed by atoms with Gasteiger partial charge in [0.05, 0.1) is 46.5 Å². The van der Waals surface area contributed by atoms with E-state index < -0.39 is 11.3 Å². The van der Waals surface area contributed by atoms with Gasteiger partial charge in [-0.05, 0) is 49.6 Å². The normalized spacial score (nSPS) is 18.3. The number of rotatable bonds is 6. The average molecular weight is 520 g/mol. The molecule has 39 heavy (non-hydrogen) atoms. The number of benzene rings is 1. The van der Waals surface area contributed by atoms with E-state index in [4.69, 9.17) is 10.5 Å². The predicted octanol–water partition coefficient (Wildman–Crippen LogP) is 3.16. The zero-order valence-corrected chi connectivity index (χ0v) is 21.3. The molecule has 1 saturated carbocycles. The Balaban J connectivity index is 1.54. The smallest absolute Gasteiger partial charge is 0.256 e. The van der Waals surface area contributed by atoms with Crippen LogP contribution in [0.5, 0.6) is 0 Å². The van der Waals surface area contributed by atoms with Crippen LogP contribution in [-0.4, -0.2) is 41.4 Å². The van der Waals surface area contributed by atoms with Crippen molar-refractivity contribution in [3.8, 4) is 12.1 Å². The number of carbonyl (C=O) groups excluding carboxylic acids is 3. The van der Waals surface area contributed by atoms with Gasteiger partial charge < -0.3 is 15.5 Å². The van der Waals surface area contributed by atoms with E-state index >= 15 is 0 Å². The van der Waals surface area contributed by atoms with Crippen LogP contribution in [0.1, 0.15) is 41.6 Å². The molecule has 0 unspecified atom stereocenters. The van der Waals surface area contributed by atoms with E-state index in [0.717, 1.165) is 18.4 Å². The molecule has 10 nitrogen and oxygen atoms in total. The molecule has 0 atom stereocenters. The number of amides is 2. The molecule has 2 amide bonds. The number of aromatic nitrogens is 1. The number of carbonyl (C=O) groups is 3. The Hall–Kier alpha value is -5.09. The SMILES string of the molecule is Cc1ccccc1C(=O)NC1=CC(=Nc2ccc(N(CC#N)CC#N)nc2)C2=C(C1=O)C1(CCCC1)C(=O)N2. The summed E-state index contributed by atoms with van der Waals surface area (Å²) >= 11 is 0. The topological polar surface area (TPSA) is 151 Å². The maximum Gasteiger partial charge on any atom is 0.256 e. The van der Waals surface area contributed by atoms with Crippen LogP contribution in [0.3, 0.4) is 0 Å². The number of Topliss-reactive ketones (excluding diaryl/α,β-unsaturated/α-hetero) is 1. The molecule has 0 saturated heterocycles. The molecule has 2 N–H and O–H groups in total. The third kappa shape index (κ3) is 4.57. The highest BCUT2D eigenvalue weighted by Crippen LogP contribution is 2.50. The first-order chi connectivity index (χ1) is 18.9. The standard InChI is InChI=1S/C29H25N7O3/c1-18-6-2-3-7-20(18)27(38)34-22-16-21(25-24(26(22)37)29(28(39)35-25)10-4-5-11-29)33-19-8-9-23(32-17-19)36(14-12-30)15-13-31/h2-3,6-9,16-17H,4-5,10-11,14-15H2,1H3,(H,34,38)(H,35,39). The largest absolute Gasteiger partial charge is 0.330 e. The number of hydrogen-bond donors (Lipinski definition) is 2. The Bertz CT molecular complexity index is 1530. The summed E-state index contributed by atoms with van der Waals surface area (Å²) in [4.78, 5) is 50.6. The Morgan fingerprint density at radius 2 is 1.85 bits per heavy atom. The third-order valence-corrected chi connectivity index (χ3v) is 7.33. The fourth-order valence-corrected chi connectivity index (χ4v) is 5.39. The maximum absolute atomic E-state index is 13.7. The zero-order chi connectivity index (χ0) is 27.6. The number of aliphatic imine (C=N–C) groups is 1. The van der Waals surface area contributed by atoms with Gasteiger partial charge in [0.15, 0.2) is 0 Å². The number of hydrogen-bond acceptors (Lipinski definition) is 8. The van der Waals surface area contributed by atoms with Crippen LogP contribution in [0.25, 0.3) is 0 Å². The summed E-state index contributed by atoms with van der Waals surface area (Å²) in [6, 6.07) is 14.4. The molecule has 1 aromatic carbocycles. The van der Waals surface area contributed by atoms with Crippen molar-refractivity contribution < 1.29 is 14.4 Å². The molecule has 2 aliphatic carbocycles. The monoisotopic (exact) mass is 519 g/mol.